The second-order valence-corrected chi connectivity index (χ2v) is 1.31. The Labute approximate surface area is 49.9 Å². The molecule has 0 fully saturated rings. The third kappa shape index (κ3) is 3.05. The number of hydrogen-bond donors (Lipinski definition) is 1. The lowest BCUT2D eigenvalue weighted by Crippen LogP contribution is -1.90. The van der Waals surface area contributed by atoms with Crippen molar-refractivity contribution in [1.29, 1.82) is 0 Å². The Kier molecular flexibility index (Phi) is 3.43. The largest absolute Gasteiger partial charge is 0.398 e. The fourth-order valence-corrected chi connectivity index (χ4v) is 0.337. The van der Waals surface area contributed by atoms with Crippen LogP contribution in [-0.2, 0) is 0 Å². The molecule has 0 bridgehead atoms. The van der Waals surface area contributed by atoms with Crippen LogP contribution >= 0.6 is 0 Å². The van der Waals surface area contributed by atoms with Crippen LogP contribution in [0.1, 0.15) is 6.92 Å². The molecule has 0 aromatic rings. The van der Waals surface area contributed by atoms with Gasteiger partial charge in [0, 0.05) is 11.8 Å². The van der Waals surface area contributed by atoms with Gasteiger partial charge in [-0.15, -0.1) is 6.42 Å². The molecule has 0 heterocycles. The summed E-state index contributed by atoms with van der Waals surface area (Å²) in [4.78, 5) is 0. The van der Waals surface area contributed by atoms with Gasteiger partial charge in [-0.2, -0.15) is 0 Å². The SMILES string of the molecule is C#C/C=C(N)\C=C/C. The van der Waals surface area contributed by atoms with Crippen LogP contribution in [0.3, 0.4) is 0 Å². The van der Waals surface area contributed by atoms with E-state index in [1.54, 1.807) is 6.08 Å². The van der Waals surface area contributed by atoms with Gasteiger partial charge < -0.3 is 5.73 Å². The maximum Gasteiger partial charge on any atom is 0.0395 e. The van der Waals surface area contributed by atoms with Gasteiger partial charge in [0.05, 0.1) is 0 Å². The van der Waals surface area contributed by atoms with Gasteiger partial charge in [0.15, 0.2) is 0 Å². The summed E-state index contributed by atoms with van der Waals surface area (Å²) in [6.45, 7) is 1.89. The standard InChI is InChI=1S/C7H9N/c1-3-5-7(8)6-4-2/h1,4-6H,8H2,2H3/b6-4-,7-5+. The number of allylic oxidation sites excluding steroid dienone is 3. The van der Waals surface area contributed by atoms with Crippen LogP contribution in [0.15, 0.2) is 23.9 Å². The first-order chi connectivity index (χ1) is 3.81. The molecule has 0 rings (SSSR count). The van der Waals surface area contributed by atoms with E-state index in [1.165, 1.54) is 6.08 Å². The Hall–Kier alpha value is -1.16. The van der Waals surface area contributed by atoms with Gasteiger partial charge in [-0.25, -0.2) is 0 Å². The minimum atomic E-state index is 0.620. The molecule has 0 aliphatic rings. The molecule has 0 aromatic carbocycles. The van der Waals surface area contributed by atoms with Crippen LogP contribution in [0.2, 0.25) is 0 Å². The van der Waals surface area contributed by atoms with Crippen molar-refractivity contribution < 1.29 is 0 Å². The number of rotatable bonds is 1. The lowest BCUT2D eigenvalue weighted by Gasteiger charge is -1.82. The van der Waals surface area contributed by atoms with Crippen LogP contribution < -0.4 is 5.73 Å². The molecule has 8 heavy (non-hydrogen) atoms. The molecule has 0 amide bonds. The van der Waals surface area contributed by atoms with E-state index in [1.807, 2.05) is 13.0 Å². The van der Waals surface area contributed by atoms with Crippen LogP contribution in [0, 0.1) is 12.3 Å². The average molecular weight is 107 g/mol. The van der Waals surface area contributed by atoms with Gasteiger partial charge >= 0.3 is 0 Å². The summed E-state index contributed by atoms with van der Waals surface area (Å²) in [7, 11) is 0. The molecule has 0 atom stereocenters. The summed E-state index contributed by atoms with van der Waals surface area (Å²) in [5, 5.41) is 0. The third-order valence-corrected chi connectivity index (χ3v) is 0.609. The Morgan fingerprint density at radius 2 is 2.38 bits per heavy atom. The van der Waals surface area contributed by atoms with Crippen molar-refractivity contribution in [2.24, 2.45) is 5.73 Å². The molecule has 0 radical (unpaired) electrons. The summed E-state index contributed by atoms with van der Waals surface area (Å²) in [6.07, 6.45) is 10.0. The second-order valence-electron chi connectivity index (χ2n) is 1.31. The maximum absolute atomic E-state index is 5.33. The number of hydrogen-bond acceptors (Lipinski definition) is 1. The quantitative estimate of drug-likeness (QED) is 0.393. The van der Waals surface area contributed by atoms with Gasteiger partial charge in [0.2, 0.25) is 0 Å². The van der Waals surface area contributed by atoms with E-state index >= 15 is 0 Å². The normalized spacial score (nSPS) is 11.8. The molecule has 0 aliphatic heterocycles. The lowest BCUT2D eigenvalue weighted by molar-refractivity contribution is 1.42. The summed E-state index contributed by atoms with van der Waals surface area (Å²) in [5.74, 6) is 2.31. The van der Waals surface area contributed by atoms with Crippen molar-refractivity contribution in [2.45, 2.75) is 6.92 Å². The van der Waals surface area contributed by atoms with Crippen molar-refractivity contribution in [3.63, 3.8) is 0 Å². The molecule has 0 saturated carbocycles. The summed E-state index contributed by atoms with van der Waals surface area (Å²) in [6, 6.07) is 0. The van der Waals surface area contributed by atoms with Gasteiger partial charge in [-0.05, 0) is 13.0 Å². The van der Waals surface area contributed by atoms with E-state index in [4.69, 9.17) is 12.2 Å². The smallest absolute Gasteiger partial charge is 0.0395 e. The molecule has 0 aromatic heterocycles. The minimum absolute atomic E-state index is 0.620. The Morgan fingerprint density at radius 1 is 1.75 bits per heavy atom. The zero-order chi connectivity index (χ0) is 6.41. The second kappa shape index (κ2) is 4.01. The van der Waals surface area contributed by atoms with E-state index in [9.17, 15) is 0 Å². The monoisotopic (exact) mass is 107 g/mol. The highest BCUT2D eigenvalue weighted by molar-refractivity contribution is 5.23. The van der Waals surface area contributed by atoms with E-state index < -0.39 is 0 Å². The van der Waals surface area contributed by atoms with Gasteiger partial charge in [0.25, 0.3) is 0 Å². The first-order valence-corrected chi connectivity index (χ1v) is 2.35. The van der Waals surface area contributed by atoms with Crippen molar-refractivity contribution in [3.8, 4) is 12.3 Å². The fraction of sp³-hybridized carbons (Fsp3) is 0.143. The first kappa shape index (κ1) is 6.84. The van der Waals surface area contributed by atoms with E-state index in [2.05, 4.69) is 5.92 Å². The zero-order valence-electron chi connectivity index (χ0n) is 4.89. The highest BCUT2D eigenvalue weighted by Gasteiger charge is 1.72. The summed E-state index contributed by atoms with van der Waals surface area (Å²) >= 11 is 0. The Bertz CT molecular complexity index is 146. The first-order valence-electron chi connectivity index (χ1n) is 2.35. The van der Waals surface area contributed by atoms with Crippen LogP contribution in [0.5, 0.6) is 0 Å². The van der Waals surface area contributed by atoms with Crippen molar-refractivity contribution >= 4 is 0 Å². The topological polar surface area (TPSA) is 26.0 Å². The van der Waals surface area contributed by atoms with E-state index in [0.717, 1.165) is 0 Å². The Morgan fingerprint density at radius 3 is 2.75 bits per heavy atom. The molecule has 0 saturated heterocycles. The van der Waals surface area contributed by atoms with Gasteiger partial charge in [-0.1, -0.05) is 12.0 Å². The molecule has 0 spiro atoms. The molecular weight excluding hydrogens is 98.1 g/mol. The predicted molar refractivity (Wildman–Crippen MR) is 35.9 cm³/mol. The highest BCUT2D eigenvalue weighted by Crippen LogP contribution is 1.82. The van der Waals surface area contributed by atoms with Crippen LogP contribution in [0.4, 0.5) is 0 Å². The van der Waals surface area contributed by atoms with Crippen molar-refractivity contribution in [3.05, 3.63) is 23.9 Å². The third-order valence-electron chi connectivity index (χ3n) is 0.609. The minimum Gasteiger partial charge on any atom is -0.398 e. The molecule has 1 nitrogen and oxygen atoms in total. The maximum atomic E-state index is 5.33. The number of terminal acetylenes is 1. The van der Waals surface area contributed by atoms with Gasteiger partial charge in [0.1, 0.15) is 0 Å². The molecule has 42 valence electrons. The molecule has 0 aliphatic carbocycles. The molecule has 2 N–H and O–H groups in total. The fourth-order valence-electron chi connectivity index (χ4n) is 0.337. The van der Waals surface area contributed by atoms with E-state index in [0.29, 0.717) is 5.70 Å². The summed E-state index contributed by atoms with van der Waals surface area (Å²) in [5.41, 5.74) is 5.95. The van der Waals surface area contributed by atoms with Crippen LogP contribution in [-0.4, -0.2) is 0 Å². The zero-order valence-corrected chi connectivity index (χ0v) is 4.89. The van der Waals surface area contributed by atoms with E-state index in [-0.39, 0.29) is 0 Å². The van der Waals surface area contributed by atoms with Crippen molar-refractivity contribution in [2.75, 3.05) is 0 Å². The summed E-state index contributed by atoms with van der Waals surface area (Å²) < 4.78 is 0. The molecular formula is C7H9N. The highest BCUT2D eigenvalue weighted by atomic mass is 14.5. The Balaban J connectivity index is 3.85. The lowest BCUT2D eigenvalue weighted by atomic mass is 10.4. The van der Waals surface area contributed by atoms with Gasteiger partial charge in [-0.3, -0.25) is 0 Å². The average Bonchev–Trinajstić information content (AvgIpc) is 1.68. The molecule has 1 heteroatoms. The predicted octanol–water partition coefficient (Wildman–Crippen LogP) is 1.04. The molecule has 0 unspecified atom stereocenters. The van der Waals surface area contributed by atoms with Crippen molar-refractivity contribution in [1.82, 2.24) is 0 Å². The number of nitrogens with two attached hydrogens (primary N) is 1. The van der Waals surface area contributed by atoms with Crippen LogP contribution in [0.25, 0.3) is 0 Å².